The first-order chi connectivity index (χ1) is 18.0. The fourth-order valence-corrected chi connectivity index (χ4v) is 3.75. The maximum absolute atomic E-state index is 12.8. The van der Waals surface area contributed by atoms with Crippen LogP contribution in [0.1, 0.15) is 16.7 Å². The average Bonchev–Trinajstić information content (AvgIpc) is 2.92. The van der Waals surface area contributed by atoms with E-state index in [1.54, 1.807) is 48.5 Å². The van der Waals surface area contributed by atoms with E-state index >= 15 is 0 Å². The number of carbonyl (C=O) groups is 1. The number of nitrogens with zero attached hydrogens (tertiary/aromatic N) is 1. The zero-order valence-corrected chi connectivity index (χ0v) is 22.0. The number of rotatable bonds is 9. The van der Waals surface area contributed by atoms with E-state index in [4.69, 9.17) is 21.1 Å². The van der Waals surface area contributed by atoms with Gasteiger partial charge < -0.3 is 14.8 Å². The zero-order chi connectivity index (χ0) is 26.0. The third-order valence-electron chi connectivity index (χ3n) is 5.32. The van der Waals surface area contributed by atoms with E-state index < -0.39 is 5.91 Å². The van der Waals surface area contributed by atoms with Crippen LogP contribution in [0.15, 0.2) is 107 Å². The number of nitrogens with one attached hydrogen (secondary N) is 1. The summed E-state index contributed by atoms with van der Waals surface area (Å²) in [7, 11) is 0. The molecule has 184 valence electrons. The Kier molecular flexibility index (Phi) is 8.98. The molecule has 0 bridgehead atoms. The normalized spacial score (nSPS) is 10.9. The molecule has 0 saturated heterocycles. The lowest BCUT2D eigenvalue weighted by Gasteiger charge is -2.10. The van der Waals surface area contributed by atoms with Gasteiger partial charge in [0.2, 0.25) is 0 Å². The second-order valence-corrected chi connectivity index (χ2v) is 9.37. The van der Waals surface area contributed by atoms with Gasteiger partial charge in [0.05, 0.1) is 0 Å². The minimum atomic E-state index is -0.515. The number of amides is 1. The molecule has 0 heterocycles. The van der Waals surface area contributed by atoms with Crippen LogP contribution in [0.2, 0.25) is 5.02 Å². The standard InChI is InChI=1S/C30H22BrClN2O3/c31-25-9-5-21(6-10-25)19-36-28-15-13-27(14-16-28)34-30(35)24(18-33)17-23-3-1-2-4-29(23)37-20-22-7-11-26(32)12-8-22/h1-17H,19-20H2,(H,34,35)/b24-17+. The fraction of sp³-hybridized carbons (Fsp3) is 0.0667. The van der Waals surface area contributed by atoms with Crippen molar-refractivity contribution in [3.63, 3.8) is 0 Å². The quantitative estimate of drug-likeness (QED) is 0.164. The number of para-hydroxylation sites is 1. The van der Waals surface area contributed by atoms with Crippen LogP contribution >= 0.6 is 27.5 Å². The van der Waals surface area contributed by atoms with Gasteiger partial charge in [-0.25, -0.2) is 0 Å². The van der Waals surface area contributed by atoms with Crippen molar-refractivity contribution in [3.05, 3.63) is 129 Å². The van der Waals surface area contributed by atoms with Crippen LogP contribution < -0.4 is 14.8 Å². The van der Waals surface area contributed by atoms with Gasteiger partial charge in [-0.1, -0.05) is 70.0 Å². The molecule has 4 rings (SSSR count). The third kappa shape index (κ3) is 7.71. The smallest absolute Gasteiger partial charge is 0.266 e. The van der Waals surface area contributed by atoms with E-state index in [0.29, 0.717) is 41.0 Å². The molecular formula is C30H22BrClN2O3. The molecule has 0 aromatic heterocycles. The second kappa shape index (κ2) is 12.8. The molecule has 0 aliphatic heterocycles. The van der Waals surface area contributed by atoms with Crippen molar-refractivity contribution in [2.45, 2.75) is 13.2 Å². The molecule has 0 unspecified atom stereocenters. The Morgan fingerprint density at radius 3 is 2.16 bits per heavy atom. The van der Waals surface area contributed by atoms with Crippen molar-refractivity contribution >= 4 is 45.2 Å². The maximum Gasteiger partial charge on any atom is 0.266 e. The molecule has 0 atom stereocenters. The van der Waals surface area contributed by atoms with Gasteiger partial charge in [0.1, 0.15) is 36.4 Å². The Labute approximate surface area is 229 Å². The van der Waals surface area contributed by atoms with E-state index in [1.165, 1.54) is 6.08 Å². The van der Waals surface area contributed by atoms with Gasteiger partial charge in [-0.3, -0.25) is 4.79 Å². The van der Waals surface area contributed by atoms with Crippen LogP contribution in [0.4, 0.5) is 5.69 Å². The number of benzene rings is 4. The second-order valence-electron chi connectivity index (χ2n) is 8.02. The number of hydrogen-bond donors (Lipinski definition) is 1. The molecule has 1 amide bonds. The van der Waals surface area contributed by atoms with Crippen molar-refractivity contribution in [2.75, 3.05) is 5.32 Å². The molecule has 37 heavy (non-hydrogen) atoms. The highest BCUT2D eigenvalue weighted by atomic mass is 79.9. The molecular weight excluding hydrogens is 552 g/mol. The summed E-state index contributed by atoms with van der Waals surface area (Å²) in [4.78, 5) is 12.8. The lowest BCUT2D eigenvalue weighted by Crippen LogP contribution is -2.13. The molecule has 0 spiro atoms. The highest BCUT2D eigenvalue weighted by molar-refractivity contribution is 9.10. The van der Waals surface area contributed by atoms with E-state index in [9.17, 15) is 10.1 Å². The number of nitriles is 1. The largest absolute Gasteiger partial charge is 0.489 e. The van der Waals surface area contributed by atoms with Crippen molar-refractivity contribution in [1.29, 1.82) is 5.26 Å². The van der Waals surface area contributed by atoms with Crippen molar-refractivity contribution in [1.82, 2.24) is 0 Å². The topological polar surface area (TPSA) is 71.3 Å². The molecule has 7 heteroatoms. The Morgan fingerprint density at radius 2 is 1.49 bits per heavy atom. The predicted octanol–water partition coefficient (Wildman–Crippen LogP) is 7.81. The van der Waals surface area contributed by atoms with Gasteiger partial charge in [-0.15, -0.1) is 0 Å². The highest BCUT2D eigenvalue weighted by Gasteiger charge is 2.12. The first-order valence-corrected chi connectivity index (χ1v) is 12.5. The summed E-state index contributed by atoms with van der Waals surface area (Å²) in [6, 6.07) is 31.5. The Morgan fingerprint density at radius 1 is 0.865 bits per heavy atom. The average molecular weight is 574 g/mol. The molecule has 4 aromatic rings. The number of carbonyl (C=O) groups excluding carboxylic acids is 1. The van der Waals surface area contributed by atoms with Crippen LogP contribution in [0.5, 0.6) is 11.5 Å². The van der Waals surface area contributed by atoms with Crippen LogP contribution in [0.25, 0.3) is 6.08 Å². The van der Waals surface area contributed by atoms with Gasteiger partial charge >= 0.3 is 0 Å². The first kappa shape index (κ1) is 26.0. The van der Waals surface area contributed by atoms with Crippen LogP contribution in [-0.4, -0.2) is 5.91 Å². The number of hydrogen-bond acceptors (Lipinski definition) is 4. The predicted molar refractivity (Wildman–Crippen MR) is 149 cm³/mol. The minimum absolute atomic E-state index is 0.0434. The van der Waals surface area contributed by atoms with E-state index in [1.807, 2.05) is 54.6 Å². The monoisotopic (exact) mass is 572 g/mol. The lowest BCUT2D eigenvalue weighted by atomic mass is 10.1. The minimum Gasteiger partial charge on any atom is -0.489 e. The first-order valence-electron chi connectivity index (χ1n) is 11.4. The van der Waals surface area contributed by atoms with Crippen molar-refractivity contribution in [3.8, 4) is 17.6 Å². The molecule has 0 aliphatic carbocycles. The highest BCUT2D eigenvalue weighted by Crippen LogP contribution is 2.24. The molecule has 0 radical (unpaired) electrons. The van der Waals surface area contributed by atoms with Crippen molar-refractivity contribution < 1.29 is 14.3 Å². The summed E-state index contributed by atoms with van der Waals surface area (Å²) in [6.07, 6.45) is 1.52. The van der Waals surface area contributed by atoms with Crippen LogP contribution in [0.3, 0.4) is 0 Å². The Hall–Kier alpha value is -4.05. The van der Waals surface area contributed by atoms with Gasteiger partial charge in [-0.2, -0.15) is 5.26 Å². The van der Waals surface area contributed by atoms with Crippen LogP contribution in [-0.2, 0) is 18.0 Å². The number of ether oxygens (including phenoxy) is 2. The van der Waals surface area contributed by atoms with Crippen molar-refractivity contribution in [2.24, 2.45) is 0 Å². The van der Waals surface area contributed by atoms with E-state index in [-0.39, 0.29) is 5.57 Å². The summed E-state index contributed by atoms with van der Waals surface area (Å²) < 4.78 is 12.7. The summed E-state index contributed by atoms with van der Waals surface area (Å²) in [5, 5.41) is 13.1. The number of halogens is 2. The molecule has 0 aliphatic rings. The van der Waals surface area contributed by atoms with Gasteiger partial charge in [-0.05, 0) is 71.8 Å². The summed E-state index contributed by atoms with van der Waals surface area (Å²) >= 11 is 9.35. The molecule has 0 saturated carbocycles. The maximum atomic E-state index is 12.8. The molecule has 1 N–H and O–H groups in total. The summed E-state index contributed by atoms with van der Waals surface area (Å²) in [5.74, 6) is 0.715. The lowest BCUT2D eigenvalue weighted by molar-refractivity contribution is -0.112. The molecule has 4 aromatic carbocycles. The van der Waals surface area contributed by atoms with E-state index in [2.05, 4.69) is 21.2 Å². The zero-order valence-electron chi connectivity index (χ0n) is 19.7. The number of anilines is 1. The fourth-order valence-electron chi connectivity index (χ4n) is 3.36. The van der Waals surface area contributed by atoms with Gasteiger partial charge in [0, 0.05) is 20.7 Å². The van der Waals surface area contributed by atoms with Crippen LogP contribution in [0, 0.1) is 11.3 Å². The third-order valence-corrected chi connectivity index (χ3v) is 6.10. The summed E-state index contributed by atoms with van der Waals surface area (Å²) in [6.45, 7) is 0.756. The summed E-state index contributed by atoms with van der Waals surface area (Å²) in [5.41, 5.74) is 3.12. The SMILES string of the molecule is N#C/C(=C\c1ccccc1OCc1ccc(Cl)cc1)C(=O)Nc1ccc(OCc2ccc(Br)cc2)cc1. The Balaban J connectivity index is 1.38. The van der Waals surface area contributed by atoms with Gasteiger partial charge in [0.25, 0.3) is 5.91 Å². The van der Waals surface area contributed by atoms with Gasteiger partial charge in [0.15, 0.2) is 0 Å². The molecule has 5 nitrogen and oxygen atoms in total. The van der Waals surface area contributed by atoms with E-state index in [0.717, 1.165) is 15.6 Å². The molecule has 0 fully saturated rings. The Bertz CT molecular complexity index is 1430.